The number of hydrogen-bond acceptors (Lipinski definition) is 2. The van der Waals surface area contributed by atoms with Crippen molar-refractivity contribution in [2.75, 3.05) is 6.54 Å². The van der Waals surface area contributed by atoms with Crippen LogP contribution in [0.5, 0.6) is 0 Å². The maximum absolute atomic E-state index is 5.38. The zero-order chi connectivity index (χ0) is 7.28. The van der Waals surface area contributed by atoms with Crippen molar-refractivity contribution in [2.45, 2.75) is 19.2 Å². The Kier molecular flexibility index (Phi) is 4.30. The van der Waals surface area contributed by atoms with Gasteiger partial charge in [0.05, 0.1) is 5.37 Å². The molecule has 1 unspecified atom stereocenters. The molecule has 0 heterocycles. The Hall–Kier alpha value is -0.380. The van der Waals surface area contributed by atoms with Crippen LogP contribution in [-0.2, 0) is 0 Å². The van der Waals surface area contributed by atoms with Gasteiger partial charge in [0.2, 0.25) is 0 Å². The first-order valence-corrected chi connectivity index (χ1v) is 3.43. The van der Waals surface area contributed by atoms with Crippen LogP contribution in [0, 0.1) is 0 Å². The summed E-state index contributed by atoms with van der Waals surface area (Å²) in [5.41, 5.74) is 5.38. The van der Waals surface area contributed by atoms with Crippen LogP contribution in [0.3, 0.4) is 0 Å². The maximum atomic E-state index is 5.38. The molecule has 0 spiro atoms. The Morgan fingerprint density at radius 2 is 2.44 bits per heavy atom. The lowest BCUT2D eigenvalue weighted by molar-refractivity contribution is 0.884. The average molecular weight is 147 g/mol. The van der Waals surface area contributed by atoms with Gasteiger partial charge in [-0.1, -0.05) is 0 Å². The van der Waals surface area contributed by atoms with E-state index >= 15 is 0 Å². The van der Waals surface area contributed by atoms with E-state index < -0.39 is 0 Å². The van der Waals surface area contributed by atoms with Crippen LogP contribution >= 0.6 is 12.6 Å². The first kappa shape index (κ1) is 8.62. The minimum absolute atomic E-state index is 0.0697. The summed E-state index contributed by atoms with van der Waals surface area (Å²) in [4.78, 5) is 3.90. The summed E-state index contributed by atoms with van der Waals surface area (Å²) in [6.45, 7) is 4.53. The lowest BCUT2D eigenvalue weighted by atomic mass is 10.7. The molecule has 4 heteroatoms. The summed E-state index contributed by atoms with van der Waals surface area (Å²) in [5, 5.41) is 2.91. The molecule has 0 aliphatic carbocycles. The topological polar surface area (TPSA) is 50.4 Å². The second-order valence-corrected chi connectivity index (χ2v) is 2.45. The molecule has 0 saturated heterocycles. The predicted octanol–water partition coefficient (Wildman–Crippen LogP) is 0.186. The van der Waals surface area contributed by atoms with Gasteiger partial charge in [-0.2, -0.15) is 12.6 Å². The Morgan fingerprint density at radius 1 is 1.89 bits per heavy atom. The monoisotopic (exact) mass is 147 g/mol. The highest BCUT2D eigenvalue weighted by Gasteiger charge is 1.92. The van der Waals surface area contributed by atoms with Crippen molar-refractivity contribution < 1.29 is 0 Å². The normalized spacial score (nSPS) is 15.2. The van der Waals surface area contributed by atoms with E-state index in [-0.39, 0.29) is 5.37 Å². The van der Waals surface area contributed by atoms with E-state index in [4.69, 9.17) is 5.73 Å². The first-order valence-electron chi connectivity index (χ1n) is 2.91. The molecule has 3 N–H and O–H groups in total. The van der Waals surface area contributed by atoms with Gasteiger partial charge in [-0.3, -0.25) is 4.99 Å². The second kappa shape index (κ2) is 4.49. The Bertz CT molecular complexity index is 100. The van der Waals surface area contributed by atoms with E-state index in [1.807, 2.05) is 13.8 Å². The molecule has 0 bridgehead atoms. The molecule has 0 saturated carbocycles. The largest absolute Gasteiger partial charge is 0.370 e. The molecule has 0 fully saturated rings. The molecule has 1 atom stereocenters. The SMILES string of the molecule is CCN=C(N)NC(C)S. The number of thiol groups is 1. The third-order valence-corrected chi connectivity index (χ3v) is 0.814. The molecule has 9 heavy (non-hydrogen) atoms. The molecular weight excluding hydrogens is 134 g/mol. The van der Waals surface area contributed by atoms with Gasteiger partial charge in [0.15, 0.2) is 5.96 Å². The summed E-state index contributed by atoms with van der Waals surface area (Å²) >= 11 is 4.06. The third kappa shape index (κ3) is 5.49. The lowest BCUT2D eigenvalue weighted by Crippen LogP contribution is -2.35. The van der Waals surface area contributed by atoms with Crippen LogP contribution in [0.2, 0.25) is 0 Å². The van der Waals surface area contributed by atoms with Crippen molar-refractivity contribution in [3.05, 3.63) is 0 Å². The third-order valence-electron chi connectivity index (χ3n) is 0.685. The first-order chi connectivity index (χ1) is 4.16. The highest BCUT2D eigenvalue weighted by molar-refractivity contribution is 7.80. The van der Waals surface area contributed by atoms with Gasteiger partial charge in [-0.15, -0.1) is 0 Å². The summed E-state index contributed by atoms with van der Waals surface area (Å²) in [6, 6.07) is 0. The smallest absolute Gasteiger partial charge is 0.189 e. The number of nitrogens with zero attached hydrogens (tertiary/aromatic N) is 1. The molecule has 0 aromatic carbocycles. The zero-order valence-electron chi connectivity index (χ0n) is 5.76. The van der Waals surface area contributed by atoms with Crippen molar-refractivity contribution in [1.29, 1.82) is 0 Å². The van der Waals surface area contributed by atoms with Crippen molar-refractivity contribution in [2.24, 2.45) is 10.7 Å². The van der Waals surface area contributed by atoms with E-state index in [0.29, 0.717) is 12.5 Å². The van der Waals surface area contributed by atoms with Crippen molar-refractivity contribution in [1.82, 2.24) is 5.32 Å². The highest BCUT2D eigenvalue weighted by Crippen LogP contribution is 1.83. The quantitative estimate of drug-likeness (QED) is 0.226. The molecule has 0 aliphatic rings. The number of hydrogen-bond donors (Lipinski definition) is 3. The van der Waals surface area contributed by atoms with Gasteiger partial charge in [0.25, 0.3) is 0 Å². The van der Waals surface area contributed by atoms with Crippen LogP contribution in [0.1, 0.15) is 13.8 Å². The van der Waals surface area contributed by atoms with Crippen LogP contribution in [0.25, 0.3) is 0 Å². The van der Waals surface area contributed by atoms with E-state index in [1.54, 1.807) is 0 Å². The molecule has 0 aromatic rings. The average Bonchev–Trinajstić information content (AvgIpc) is 1.63. The van der Waals surface area contributed by atoms with E-state index in [0.717, 1.165) is 0 Å². The molecule has 0 radical (unpaired) electrons. The van der Waals surface area contributed by atoms with Gasteiger partial charge >= 0.3 is 0 Å². The van der Waals surface area contributed by atoms with E-state index in [9.17, 15) is 0 Å². The maximum Gasteiger partial charge on any atom is 0.189 e. The van der Waals surface area contributed by atoms with Gasteiger partial charge in [-0.05, 0) is 13.8 Å². The van der Waals surface area contributed by atoms with Crippen LogP contribution in [0.4, 0.5) is 0 Å². The number of guanidine groups is 1. The van der Waals surface area contributed by atoms with Gasteiger partial charge in [0, 0.05) is 6.54 Å². The van der Waals surface area contributed by atoms with Crippen molar-refractivity contribution in [3.63, 3.8) is 0 Å². The fourth-order valence-electron chi connectivity index (χ4n) is 0.430. The number of aliphatic imine (C=N–C) groups is 1. The summed E-state index contributed by atoms with van der Waals surface area (Å²) in [5.74, 6) is 0.458. The van der Waals surface area contributed by atoms with E-state index in [1.165, 1.54) is 0 Å². The number of nitrogens with two attached hydrogens (primary N) is 1. The van der Waals surface area contributed by atoms with Gasteiger partial charge in [0.1, 0.15) is 0 Å². The van der Waals surface area contributed by atoms with Crippen molar-refractivity contribution >= 4 is 18.6 Å². The minimum Gasteiger partial charge on any atom is -0.370 e. The minimum atomic E-state index is 0.0697. The molecule has 0 rings (SSSR count). The predicted molar refractivity (Wildman–Crippen MR) is 43.7 cm³/mol. The van der Waals surface area contributed by atoms with Crippen molar-refractivity contribution in [3.8, 4) is 0 Å². The molecule has 54 valence electrons. The van der Waals surface area contributed by atoms with Gasteiger partial charge in [-0.25, -0.2) is 0 Å². The molecule has 0 amide bonds. The summed E-state index contributed by atoms with van der Waals surface area (Å²) < 4.78 is 0. The van der Waals surface area contributed by atoms with Crippen LogP contribution in [0.15, 0.2) is 4.99 Å². The summed E-state index contributed by atoms with van der Waals surface area (Å²) in [7, 11) is 0. The highest BCUT2D eigenvalue weighted by atomic mass is 32.1. The van der Waals surface area contributed by atoms with Crippen LogP contribution < -0.4 is 11.1 Å². The number of rotatable bonds is 2. The molecule has 0 aliphatic heterocycles. The van der Waals surface area contributed by atoms with Crippen LogP contribution in [-0.4, -0.2) is 17.9 Å². The van der Waals surface area contributed by atoms with Gasteiger partial charge < -0.3 is 11.1 Å². The Balaban J connectivity index is 3.49. The standard InChI is InChI=1S/C5H13N3S/c1-3-7-5(6)8-4(2)9/h4,9H,3H2,1-2H3,(H3,6,7,8). The molecular formula is C5H13N3S. The second-order valence-electron chi connectivity index (χ2n) is 1.68. The lowest BCUT2D eigenvalue weighted by Gasteiger charge is -2.06. The number of nitrogens with one attached hydrogen (secondary N) is 1. The Morgan fingerprint density at radius 3 is 2.78 bits per heavy atom. The fourth-order valence-corrected chi connectivity index (χ4v) is 0.562. The molecule has 3 nitrogen and oxygen atoms in total. The fraction of sp³-hybridized carbons (Fsp3) is 0.800. The van der Waals surface area contributed by atoms with E-state index in [2.05, 4.69) is 22.9 Å². The zero-order valence-corrected chi connectivity index (χ0v) is 6.65. The Labute approximate surface area is 61.1 Å². The summed E-state index contributed by atoms with van der Waals surface area (Å²) in [6.07, 6.45) is 0. The molecule has 0 aromatic heterocycles.